The zero-order chi connectivity index (χ0) is 13.7. The van der Waals surface area contributed by atoms with Crippen molar-refractivity contribution >= 4 is 23.4 Å². The molecule has 0 saturated carbocycles. The molecule has 0 spiro atoms. The Bertz CT molecular complexity index is 521. The molecule has 1 aromatic heterocycles. The lowest BCUT2D eigenvalue weighted by molar-refractivity contribution is 0.633. The Hall–Kier alpha value is -1.10. The maximum absolute atomic E-state index is 6.24. The van der Waals surface area contributed by atoms with Gasteiger partial charge in [0.25, 0.3) is 0 Å². The molecule has 3 nitrogen and oxygen atoms in total. The van der Waals surface area contributed by atoms with Gasteiger partial charge in [0, 0.05) is 23.5 Å². The number of aromatic nitrogens is 2. The van der Waals surface area contributed by atoms with Crippen molar-refractivity contribution in [1.82, 2.24) is 9.97 Å². The van der Waals surface area contributed by atoms with Crippen molar-refractivity contribution in [3.63, 3.8) is 0 Å². The van der Waals surface area contributed by atoms with Crippen LogP contribution < -0.4 is 5.73 Å². The number of thioether (sulfide) groups is 1. The minimum absolute atomic E-state index is 0.0467. The van der Waals surface area contributed by atoms with Crippen LogP contribution in [0.5, 0.6) is 0 Å². The summed E-state index contributed by atoms with van der Waals surface area (Å²) in [6.07, 6.45) is 6.00. The molecule has 2 atom stereocenters. The van der Waals surface area contributed by atoms with E-state index in [4.69, 9.17) is 17.3 Å². The van der Waals surface area contributed by atoms with Crippen molar-refractivity contribution < 1.29 is 0 Å². The predicted molar refractivity (Wildman–Crippen MR) is 80.3 cm³/mol. The molecule has 0 bridgehead atoms. The fourth-order valence-corrected chi connectivity index (χ4v) is 3.13. The highest BCUT2D eigenvalue weighted by Gasteiger charge is 2.20. The van der Waals surface area contributed by atoms with Gasteiger partial charge in [-0.1, -0.05) is 42.4 Å². The van der Waals surface area contributed by atoms with Crippen molar-refractivity contribution in [1.29, 1.82) is 0 Å². The Morgan fingerprint density at radius 1 is 1.37 bits per heavy atom. The molecule has 0 aliphatic rings. The quantitative estimate of drug-likeness (QED) is 0.854. The van der Waals surface area contributed by atoms with E-state index in [2.05, 4.69) is 23.0 Å². The third-order valence-corrected chi connectivity index (χ3v) is 4.39. The number of halogens is 1. The van der Waals surface area contributed by atoms with Gasteiger partial charge < -0.3 is 5.73 Å². The predicted octanol–water partition coefficient (Wildman–Crippen LogP) is 3.70. The van der Waals surface area contributed by atoms with Crippen LogP contribution in [0.3, 0.4) is 0 Å². The van der Waals surface area contributed by atoms with E-state index >= 15 is 0 Å². The Balaban J connectivity index is 2.26. The monoisotopic (exact) mass is 293 g/mol. The van der Waals surface area contributed by atoms with Crippen LogP contribution in [0.15, 0.2) is 47.9 Å². The second-order valence-electron chi connectivity index (χ2n) is 4.21. The van der Waals surface area contributed by atoms with Crippen LogP contribution in [-0.4, -0.2) is 16.0 Å². The Morgan fingerprint density at radius 3 is 2.84 bits per heavy atom. The van der Waals surface area contributed by atoms with Gasteiger partial charge in [-0.25, -0.2) is 4.98 Å². The van der Waals surface area contributed by atoms with Crippen LogP contribution >= 0.6 is 23.4 Å². The van der Waals surface area contributed by atoms with Crippen molar-refractivity contribution in [2.24, 2.45) is 5.73 Å². The lowest BCUT2D eigenvalue weighted by atomic mass is 10.0. The van der Waals surface area contributed by atoms with E-state index in [1.165, 1.54) is 0 Å². The van der Waals surface area contributed by atoms with Crippen LogP contribution in [0, 0.1) is 0 Å². The zero-order valence-corrected chi connectivity index (χ0v) is 12.2. The van der Waals surface area contributed by atoms with Gasteiger partial charge >= 0.3 is 0 Å². The third-order valence-electron chi connectivity index (χ3n) is 2.82. The molecule has 19 heavy (non-hydrogen) atoms. The van der Waals surface area contributed by atoms with Gasteiger partial charge in [0.15, 0.2) is 0 Å². The van der Waals surface area contributed by atoms with E-state index in [1.807, 2.05) is 18.2 Å². The molecule has 5 heteroatoms. The molecule has 1 aromatic carbocycles. The van der Waals surface area contributed by atoms with E-state index in [0.29, 0.717) is 0 Å². The fraction of sp³-hybridized carbons (Fsp3) is 0.286. The molecule has 0 amide bonds. The van der Waals surface area contributed by atoms with Crippen molar-refractivity contribution in [2.45, 2.75) is 29.7 Å². The standard InChI is InChI=1S/C14H16ClN3S/c1-2-12(16)14(10-4-3-5-11(15)8-10)19-13-9-17-6-7-18-13/h3-9,12,14H,2,16H2,1H3. The molecule has 2 unspecified atom stereocenters. The maximum Gasteiger partial charge on any atom is 0.115 e. The van der Waals surface area contributed by atoms with Crippen molar-refractivity contribution in [2.75, 3.05) is 0 Å². The first-order chi connectivity index (χ1) is 9.20. The fourth-order valence-electron chi connectivity index (χ4n) is 1.78. The molecular weight excluding hydrogens is 278 g/mol. The van der Waals surface area contributed by atoms with Gasteiger partial charge in [-0.3, -0.25) is 4.98 Å². The summed E-state index contributed by atoms with van der Waals surface area (Å²) >= 11 is 7.69. The van der Waals surface area contributed by atoms with E-state index in [0.717, 1.165) is 22.0 Å². The highest BCUT2D eigenvalue weighted by molar-refractivity contribution is 7.99. The van der Waals surface area contributed by atoms with Gasteiger partial charge in [0.2, 0.25) is 0 Å². The first-order valence-electron chi connectivity index (χ1n) is 6.14. The first kappa shape index (κ1) is 14.3. The lowest BCUT2D eigenvalue weighted by Gasteiger charge is -2.22. The van der Waals surface area contributed by atoms with Gasteiger partial charge in [-0.05, 0) is 24.1 Å². The molecule has 100 valence electrons. The molecule has 0 aliphatic heterocycles. The smallest absolute Gasteiger partial charge is 0.115 e. The molecule has 0 saturated heterocycles. The van der Waals surface area contributed by atoms with Gasteiger partial charge in [0.1, 0.15) is 5.03 Å². The zero-order valence-electron chi connectivity index (χ0n) is 10.7. The van der Waals surface area contributed by atoms with E-state index in [-0.39, 0.29) is 11.3 Å². The molecule has 0 aliphatic carbocycles. The topological polar surface area (TPSA) is 51.8 Å². The third kappa shape index (κ3) is 3.93. The van der Waals surface area contributed by atoms with Crippen LogP contribution in [0.4, 0.5) is 0 Å². The number of nitrogens with two attached hydrogens (primary N) is 1. The van der Waals surface area contributed by atoms with Gasteiger partial charge in [-0.2, -0.15) is 0 Å². The summed E-state index contributed by atoms with van der Waals surface area (Å²) in [5.41, 5.74) is 7.36. The maximum atomic E-state index is 6.24. The minimum atomic E-state index is 0.0467. The summed E-state index contributed by atoms with van der Waals surface area (Å²) in [7, 11) is 0. The number of nitrogens with zero attached hydrogens (tertiary/aromatic N) is 2. The van der Waals surface area contributed by atoms with Crippen molar-refractivity contribution in [3.05, 3.63) is 53.4 Å². The number of hydrogen-bond donors (Lipinski definition) is 1. The molecule has 0 radical (unpaired) electrons. The summed E-state index contributed by atoms with van der Waals surface area (Å²) < 4.78 is 0. The SMILES string of the molecule is CCC(N)C(Sc1cnccn1)c1cccc(Cl)c1. The average Bonchev–Trinajstić information content (AvgIpc) is 2.45. The van der Waals surface area contributed by atoms with Gasteiger partial charge in [-0.15, -0.1) is 0 Å². The summed E-state index contributed by atoms with van der Waals surface area (Å²) in [5, 5.41) is 1.72. The molecule has 0 fully saturated rings. The van der Waals surface area contributed by atoms with Crippen LogP contribution in [0.1, 0.15) is 24.2 Å². The largest absolute Gasteiger partial charge is 0.326 e. The summed E-state index contributed by atoms with van der Waals surface area (Å²) in [4.78, 5) is 8.38. The molecule has 2 N–H and O–H groups in total. The molecular formula is C14H16ClN3S. The number of hydrogen-bond acceptors (Lipinski definition) is 4. The van der Waals surface area contributed by atoms with Crippen LogP contribution in [0.2, 0.25) is 5.02 Å². The Labute approximate surface area is 122 Å². The summed E-state index contributed by atoms with van der Waals surface area (Å²) in [5.74, 6) is 0. The normalized spacial score (nSPS) is 14.1. The minimum Gasteiger partial charge on any atom is -0.326 e. The molecule has 2 rings (SSSR count). The Kier molecular flexibility index (Phi) is 5.19. The van der Waals surface area contributed by atoms with E-state index in [9.17, 15) is 0 Å². The van der Waals surface area contributed by atoms with Gasteiger partial charge in [0.05, 0.1) is 11.4 Å². The van der Waals surface area contributed by atoms with Crippen LogP contribution in [0.25, 0.3) is 0 Å². The summed E-state index contributed by atoms with van der Waals surface area (Å²) in [6, 6.07) is 7.88. The lowest BCUT2D eigenvalue weighted by Crippen LogP contribution is -2.25. The van der Waals surface area contributed by atoms with E-state index < -0.39 is 0 Å². The number of rotatable bonds is 5. The molecule has 2 aromatic rings. The second-order valence-corrected chi connectivity index (χ2v) is 5.81. The van der Waals surface area contributed by atoms with E-state index in [1.54, 1.807) is 30.4 Å². The molecule has 1 heterocycles. The first-order valence-corrected chi connectivity index (χ1v) is 7.40. The average molecular weight is 294 g/mol. The summed E-state index contributed by atoms with van der Waals surface area (Å²) in [6.45, 7) is 2.08. The highest BCUT2D eigenvalue weighted by Crippen LogP contribution is 2.37. The number of benzene rings is 1. The Morgan fingerprint density at radius 2 is 2.21 bits per heavy atom. The highest BCUT2D eigenvalue weighted by atomic mass is 35.5. The van der Waals surface area contributed by atoms with Crippen LogP contribution in [-0.2, 0) is 0 Å². The second kappa shape index (κ2) is 6.89. The van der Waals surface area contributed by atoms with Crippen molar-refractivity contribution in [3.8, 4) is 0 Å².